The van der Waals surface area contributed by atoms with Gasteiger partial charge >= 0.3 is 5.97 Å². The highest BCUT2D eigenvalue weighted by atomic mass is 79.9. The van der Waals surface area contributed by atoms with E-state index in [1.165, 1.54) is 0 Å². The number of amides is 1. The number of hydrogen-bond acceptors (Lipinski definition) is 4. The van der Waals surface area contributed by atoms with Crippen LogP contribution in [-0.2, 0) is 14.3 Å². The van der Waals surface area contributed by atoms with Gasteiger partial charge in [0.05, 0.1) is 5.92 Å². The summed E-state index contributed by atoms with van der Waals surface area (Å²) >= 11 is 3.32. The van der Waals surface area contributed by atoms with Gasteiger partial charge < -0.3 is 9.64 Å². The van der Waals surface area contributed by atoms with Gasteiger partial charge in [0.15, 0.2) is 12.4 Å². The van der Waals surface area contributed by atoms with E-state index in [9.17, 15) is 14.4 Å². The van der Waals surface area contributed by atoms with Gasteiger partial charge in [0.1, 0.15) is 0 Å². The van der Waals surface area contributed by atoms with Gasteiger partial charge in [-0.15, -0.1) is 0 Å². The molecule has 1 aromatic carbocycles. The van der Waals surface area contributed by atoms with Crippen LogP contribution in [0, 0.1) is 5.92 Å². The Morgan fingerprint density at radius 1 is 1.21 bits per heavy atom. The van der Waals surface area contributed by atoms with Crippen LogP contribution in [0.1, 0.15) is 43.0 Å². The van der Waals surface area contributed by atoms with Crippen molar-refractivity contribution in [1.82, 2.24) is 4.90 Å². The third-order valence-electron chi connectivity index (χ3n) is 4.09. The second-order valence-corrected chi connectivity index (χ2v) is 7.00. The Bertz CT molecular complexity index is 611. The summed E-state index contributed by atoms with van der Waals surface area (Å²) in [6, 6.07) is 7.05. The number of ketones is 1. The van der Waals surface area contributed by atoms with Gasteiger partial charge in [-0.05, 0) is 31.4 Å². The highest BCUT2D eigenvalue weighted by Crippen LogP contribution is 2.16. The molecular formula is C18H22BrNO4. The van der Waals surface area contributed by atoms with Crippen LogP contribution in [0.2, 0.25) is 0 Å². The minimum atomic E-state index is -0.578. The summed E-state index contributed by atoms with van der Waals surface area (Å²) in [5, 5.41) is 0. The summed E-state index contributed by atoms with van der Waals surface area (Å²) in [6.45, 7) is 2.86. The molecular weight excluding hydrogens is 374 g/mol. The van der Waals surface area contributed by atoms with E-state index in [2.05, 4.69) is 15.9 Å². The largest absolute Gasteiger partial charge is 0.455 e. The lowest BCUT2D eigenvalue weighted by molar-refractivity contribution is -0.155. The van der Waals surface area contributed by atoms with Crippen LogP contribution in [-0.4, -0.2) is 42.3 Å². The van der Waals surface area contributed by atoms with Gasteiger partial charge in [0.25, 0.3) is 5.91 Å². The van der Waals surface area contributed by atoms with Gasteiger partial charge in [-0.1, -0.05) is 35.0 Å². The molecule has 1 aromatic rings. The molecule has 1 saturated heterocycles. The van der Waals surface area contributed by atoms with E-state index >= 15 is 0 Å². The van der Waals surface area contributed by atoms with Gasteiger partial charge in [-0.25, -0.2) is 0 Å². The molecule has 1 heterocycles. The first-order valence-corrected chi connectivity index (χ1v) is 9.00. The molecule has 1 aliphatic heterocycles. The Hall–Kier alpha value is -1.69. The summed E-state index contributed by atoms with van der Waals surface area (Å²) in [6.07, 6.45) is 3.19. The summed E-state index contributed by atoms with van der Waals surface area (Å²) in [5.41, 5.74) is 0.549. The molecule has 1 atom stereocenters. The quantitative estimate of drug-likeness (QED) is 0.547. The maximum absolute atomic E-state index is 12.2. The third kappa shape index (κ3) is 5.44. The zero-order valence-electron chi connectivity index (χ0n) is 13.8. The molecule has 130 valence electrons. The Balaban J connectivity index is 1.79. The van der Waals surface area contributed by atoms with E-state index in [0.29, 0.717) is 5.56 Å². The first-order valence-electron chi connectivity index (χ1n) is 8.20. The van der Waals surface area contributed by atoms with E-state index in [1.807, 2.05) is 6.07 Å². The van der Waals surface area contributed by atoms with E-state index in [0.717, 1.165) is 36.8 Å². The number of hydrogen-bond donors (Lipinski definition) is 0. The van der Waals surface area contributed by atoms with Crippen molar-refractivity contribution in [3.05, 3.63) is 34.3 Å². The SMILES string of the molecule is CC(CC(=O)c1cccc(Br)c1)C(=O)OCC(=O)N1CCCCC1. The number of Topliss-reactive ketones (excluding diaryl/α,β-unsaturated/α-hetero) is 1. The van der Waals surface area contributed by atoms with Crippen molar-refractivity contribution in [1.29, 1.82) is 0 Å². The van der Waals surface area contributed by atoms with E-state index in [1.54, 1.807) is 30.0 Å². The van der Waals surface area contributed by atoms with Crippen LogP contribution >= 0.6 is 15.9 Å². The smallest absolute Gasteiger partial charge is 0.309 e. The topological polar surface area (TPSA) is 63.7 Å². The fraction of sp³-hybridized carbons (Fsp3) is 0.500. The molecule has 1 unspecified atom stereocenters. The van der Waals surface area contributed by atoms with Crippen molar-refractivity contribution in [3.8, 4) is 0 Å². The summed E-state index contributed by atoms with van der Waals surface area (Å²) in [5.74, 6) is -1.37. The number of ether oxygens (including phenoxy) is 1. The van der Waals surface area contributed by atoms with Crippen molar-refractivity contribution in [3.63, 3.8) is 0 Å². The molecule has 1 aliphatic rings. The summed E-state index contributed by atoms with van der Waals surface area (Å²) in [7, 11) is 0. The lowest BCUT2D eigenvalue weighted by atomic mass is 10.00. The van der Waals surface area contributed by atoms with Crippen molar-refractivity contribution >= 4 is 33.6 Å². The second kappa shape index (κ2) is 8.97. The van der Waals surface area contributed by atoms with Crippen LogP contribution < -0.4 is 0 Å². The molecule has 24 heavy (non-hydrogen) atoms. The number of likely N-dealkylation sites (tertiary alicyclic amines) is 1. The Morgan fingerprint density at radius 3 is 2.58 bits per heavy atom. The minimum Gasteiger partial charge on any atom is -0.455 e. The predicted molar refractivity (Wildman–Crippen MR) is 93.6 cm³/mol. The lowest BCUT2D eigenvalue weighted by Gasteiger charge is -2.26. The van der Waals surface area contributed by atoms with Crippen LogP contribution in [0.15, 0.2) is 28.7 Å². The number of halogens is 1. The molecule has 0 aromatic heterocycles. The molecule has 0 spiro atoms. The monoisotopic (exact) mass is 395 g/mol. The number of carbonyl (C=O) groups is 3. The number of piperidine rings is 1. The van der Waals surface area contributed by atoms with Gasteiger partial charge in [0, 0.05) is 29.5 Å². The predicted octanol–water partition coefficient (Wildman–Crippen LogP) is 3.21. The zero-order valence-corrected chi connectivity index (χ0v) is 15.4. The van der Waals surface area contributed by atoms with Crippen LogP contribution in [0.25, 0.3) is 0 Å². The number of esters is 1. The minimum absolute atomic E-state index is 0.0627. The molecule has 5 nitrogen and oxygen atoms in total. The Kier molecular flexibility index (Phi) is 6.97. The van der Waals surface area contributed by atoms with E-state index in [4.69, 9.17) is 4.74 Å². The third-order valence-corrected chi connectivity index (χ3v) is 4.58. The molecule has 0 bridgehead atoms. The maximum atomic E-state index is 12.2. The van der Waals surface area contributed by atoms with Crippen molar-refractivity contribution in [2.45, 2.75) is 32.6 Å². The van der Waals surface area contributed by atoms with E-state index in [-0.39, 0.29) is 24.7 Å². The van der Waals surface area contributed by atoms with Crippen molar-refractivity contribution in [2.75, 3.05) is 19.7 Å². The number of benzene rings is 1. The highest BCUT2D eigenvalue weighted by Gasteiger charge is 2.22. The maximum Gasteiger partial charge on any atom is 0.309 e. The second-order valence-electron chi connectivity index (χ2n) is 6.09. The van der Waals surface area contributed by atoms with Gasteiger partial charge in [0.2, 0.25) is 0 Å². The Morgan fingerprint density at radius 2 is 1.92 bits per heavy atom. The summed E-state index contributed by atoms with van der Waals surface area (Å²) in [4.78, 5) is 37.9. The molecule has 0 radical (unpaired) electrons. The van der Waals surface area contributed by atoms with Crippen molar-refractivity contribution < 1.29 is 19.1 Å². The molecule has 6 heteroatoms. The standard InChI is InChI=1S/C18H22BrNO4/c1-13(10-16(21)14-6-5-7-15(19)11-14)18(23)24-12-17(22)20-8-3-2-4-9-20/h5-7,11,13H,2-4,8-10,12H2,1H3. The molecule has 1 amide bonds. The average Bonchev–Trinajstić information content (AvgIpc) is 2.60. The molecule has 0 saturated carbocycles. The van der Waals surface area contributed by atoms with E-state index < -0.39 is 11.9 Å². The fourth-order valence-electron chi connectivity index (χ4n) is 2.65. The molecule has 0 aliphatic carbocycles. The molecule has 0 N–H and O–H groups in total. The summed E-state index contributed by atoms with van der Waals surface area (Å²) < 4.78 is 5.90. The average molecular weight is 396 g/mol. The number of nitrogens with zero attached hydrogens (tertiary/aromatic N) is 1. The fourth-order valence-corrected chi connectivity index (χ4v) is 3.05. The Labute approximate surface area is 150 Å². The normalized spacial score (nSPS) is 15.7. The van der Waals surface area contributed by atoms with Crippen molar-refractivity contribution in [2.24, 2.45) is 5.92 Å². The highest BCUT2D eigenvalue weighted by molar-refractivity contribution is 9.10. The zero-order chi connectivity index (χ0) is 17.5. The van der Waals surface area contributed by atoms with Gasteiger partial charge in [-0.3, -0.25) is 14.4 Å². The molecule has 2 rings (SSSR count). The number of rotatable bonds is 6. The lowest BCUT2D eigenvalue weighted by Crippen LogP contribution is -2.38. The van der Waals surface area contributed by atoms with Crippen LogP contribution in [0.5, 0.6) is 0 Å². The first-order chi connectivity index (χ1) is 11.5. The first kappa shape index (κ1) is 18.6. The van der Waals surface area contributed by atoms with Crippen LogP contribution in [0.3, 0.4) is 0 Å². The molecule has 1 fully saturated rings. The number of carbonyl (C=O) groups excluding carboxylic acids is 3. The van der Waals surface area contributed by atoms with Crippen LogP contribution in [0.4, 0.5) is 0 Å². The van der Waals surface area contributed by atoms with Gasteiger partial charge in [-0.2, -0.15) is 0 Å².